The summed E-state index contributed by atoms with van der Waals surface area (Å²) in [5.74, 6) is -0.670. The van der Waals surface area contributed by atoms with Gasteiger partial charge < -0.3 is 9.80 Å². The number of hydrogen-bond acceptors (Lipinski definition) is 4. The van der Waals surface area contributed by atoms with Gasteiger partial charge in [-0.05, 0) is 30.5 Å². The molecule has 1 atom stereocenters. The first kappa shape index (κ1) is 30.5. The number of benzene rings is 2. The van der Waals surface area contributed by atoms with Gasteiger partial charge in [0.15, 0.2) is 0 Å². The van der Waals surface area contributed by atoms with Crippen LogP contribution in [0.25, 0.3) is 0 Å². The van der Waals surface area contributed by atoms with Crippen molar-refractivity contribution in [2.24, 2.45) is 0 Å². The molecule has 218 valence electrons. The highest BCUT2D eigenvalue weighted by Crippen LogP contribution is 2.33. The van der Waals surface area contributed by atoms with Crippen molar-refractivity contribution in [1.29, 1.82) is 0 Å². The fraction of sp³-hybridized carbons (Fsp3) is 0.600. The molecule has 0 radical (unpaired) electrons. The molecule has 0 N–H and O–H groups in total. The molecule has 4 rings (SSSR count). The number of piperazine rings is 1. The Bertz CT molecular complexity index is 1030. The molecule has 5 heteroatoms. The molecule has 1 unspecified atom stereocenters. The first-order valence-electron chi connectivity index (χ1n) is 16.1. The molecule has 2 aromatic rings. The van der Waals surface area contributed by atoms with Crippen molar-refractivity contribution >= 4 is 17.4 Å². The molecular formula is C35H51N3O2. The van der Waals surface area contributed by atoms with Gasteiger partial charge in [-0.2, -0.15) is 0 Å². The number of rotatable bonds is 18. The van der Waals surface area contributed by atoms with Gasteiger partial charge in [-0.15, -0.1) is 0 Å². The second-order valence-corrected chi connectivity index (χ2v) is 11.9. The molecule has 0 spiro atoms. The minimum Gasteiger partial charge on any atom is -0.302 e. The van der Waals surface area contributed by atoms with Gasteiger partial charge in [-0.1, -0.05) is 120 Å². The number of para-hydroxylation sites is 1. The summed E-state index contributed by atoms with van der Waals surface area (Å²) in [6.07, 6.45) is 16.4. The topological polar surface area (TPSA) is 43.9 Å². The standard InChI is InChI=1S/C35H51N3O2/c1-2-3-4-5-6-7-8-9-10-11-15-20-31(38-33-22-17-16-21-32(33)34(39)35(38)40)23-24-36-25-27-37(28-26-36)29-30-18-13-12-14-19-30/h12-14,16-19,21-22,31H,2-11,15,20,23-29H2,1H3. The molecule has 0 bridgehead atoms. The lowest BCUT2D eigenvalue weighted by Crippen LogP contribution is -2.48. The normalized spacial score (nSPS) is 17.0. The molecule has 0 saturated carbocycles. The molecule has 2 heterocycles. The predicted octanol–water partition coefficient (Wildman–Crippen LogP) is 7.49. The van der Waals surface area contributed by atoms with E-state index in [1.807, 2.05) is 23.1 Å². The number of hydrogen-bond donors (Lipinski definition) is 0. The number of ketones is 1. The molecule has 5 nitrogen and oxygen atoms in total. The minimum atomic E-state index is -0.339. The Morgan fingerprint density at radius 3 is 1.90 bits per heavy atom. The van der Waals surface area contributed by atoms with E-state index < -0.39 is 0 Å². The number of carbonyl (C=O) groups excluding carboxylic acids is 2. The maximum Gasteiger partial charge on any atom is 0.299 e. The molecule has 2 aromatic carbocycles. The highest BCUT2D eigenvalue weighted by Gasteiger charge is 2.39. The summed E-state index contributed by atoms with van der Waals surface area (Å²) < 4.78 is 0. The summed E-state index contributed by atoms with van der Waals surface area (Å²) in [5, 5.41) is 0. The van der Waals surface area contributed by atoms with E-state index in [4.69, 9.17) is 0 Å². The Labute approximate surface area is 242 Å². The number of carbonyl (C=O) groups is 2. The molecule has 40 heavy (non-hydrogen) atoms. The number of unbranched alkanes of at least 4 members (excludes halogenated alkanes) is 10. The SMILES string of the molecule is CCCCCCCCCCCCCC(CCN1CCN(Cc2ccccc2)CC1)N1C(=O)C(=O)c2ccccc21. The lowest BCUT2D eigenvalue weighted by atomic mass is 10.0. The summed E-state index contributed by atoms with van der Waals surface area (Å²) in [4.78, 5) is 32.8. The van der Waals surface area contributed by atoms with Crippen LogP contribution in [-0.4, -0.2) is 60.3 Å². The zero-order valence-electron chi connectivity index (χ0n) is 24.9. The van der Waals surface area contributed by atoms with Crippen molar-refractivity contribution in [2.45, 2.75) is 103 Å². The third-order valence-corrected chi connectivity index (χ3v) is 8.82. The van der Waals surface area contributed by atoms with Crippen LogP contribution in [0.2, 0.25) is 0 Å². The van der Waals surface area contributed by atoms with Crippen LogP contribution in [0.4, 0.5) is 5.69 Å². The number of nitrogens with zero attached hydrogens (tertiary/aromatic N) is 3. The highest BCUT2D eigenvalue weighted by molar-refractivity contribution is 6.52. The van der Waals surface area contributed by atoms with Crippen molar-refractivity contribution in [2.75, 3.05) is 37.6 Å². The van der Waals surface area contributed by atoms with Crippen LogP contribution in [0, 0.1) is 0 Å². The van der Waals surface area contributed by atoms with Crippen molar-refractivity contribution in [1.82, 2.24) is 9.80 Å². The van der Waals surface area contributed by atoms with E-state index in [2.05, 4.69) is 47.1 Å². The van der Waals surface area contributed by atoms with Crippen LogP contribution < -0.4 is 4.90 Å². The second-order valence-electron chi connectivity index (χ2n) is 11.9. The number of Topliss-reactive ketones (excluding diaryl/α,β-unsaturated/α-hetero) is 1. The minimum absolute atomic E-state index is 0.0843. The average Bonchev–Trinajstić information content (AvgIpc) is 3.24. The van der Waals surface area contributed by atoms with E-state index in [9.17, 15) is 9.59 Å². The molecule has 2 aliphatic rings. The van der Waals surface area contributed by atoms with E-state index in [0.717, 1.165) is 64.2 Å². The molecule has 1 fully saturated rings. The molecule has 0 aromatic heterocycles. The zero-order valence-corrected chi connectivity index (χ0v) is 24.9. The molecule has 1 saturated heterocycles. The summed E-state index contributed by atoms with van der Waals surface area (Å²) in [6, 6.07) is 18.4. The number of fused-ring (bicyclic) bond motifs is 1. The molecular weight excluding hydrogens is 494 g/mol. The van der Waals surface area contributed by atoms with Crippen LogP contribution >= 0.6 is 0 Å². The Balaban J connectivity index is 1.24. The van der Waals surface area contributed by atoms with Gasteiger partial charge in [0, 0.05) is 45.3 Å². The molecule has 2 aliphatic heterocycles. The summed E-state index contributed by atoms with van der Waals surface area (Å²) in [6.45, 7) is 8.52. The Hall–Kier alpha value is -2.50. The van der Waals surface area contributed by atoms with Gasteiger partial charge in [0.25, 0.3) is 11.7 Å². The Kier molecular flexibility index (Phi) is 12.7. The van der Waals surface area contributed by atoms with Crippen molar-refractivity contribution in [3.63, 3.8) is 0 Å². The second kappa shape index (κ2) is 16.7. The maximum absolute atomic E-state index is 13.1. The van der Waals surface area contributed by atoms with E-state index in [1.165, 1.54) is 69.8 Å². The van der Waals surface area contributed by atoms with Crippen LogP contribution in [0.1, 0.15) is 106 Å². The lowest BCUT2D eigenvalue weighted by Gasteiger charge is -2.36. The van der Waals surface area contributed by atoms with Gasteiger partial charge in [-0.3, -0.25) is 14.5 Å². The lowest BCUT2D eigenvalue weighted by molar-refractivity contribution is -0.114. The number of amides is 1. The summed E-state index contributed by atoms with van der Waals surface area (Å²) in [5.41, 5.74) is 2.77. The van der Waals surface area contributed by atoms with Crippen molar-refractivity contribution in [3.8, 4) is 0 Å². The van der Waals surface area contributed by atoms with E-state index in [-0.39, 0.29) is 17.7 Å². The highest BCUT2D eigenvalue weighted by atomic mass is 16.2. The van der Waals surface area contributed by atoms with Crippen LogP contribution in [-0.2, 0) is 11.3 Å². The third kappa shape index (κ3) is 9.01. The monoisotopic (exact) mass is 545 g/mol. The van der Waals surface area contributed by atoms with Crippen molar-refractivity contribution in [3.05, 3.63) is 65.7 Å². The Morgan fingerprint density at radius 2 is 1.23 bits per heavy atom. The summed E-state index contributed by atoms with van der Waals surface area (Å²) in [7, 11) is 0. The fourth-order valence-electron chi connectivity index (χ4n) is 6.36. The third-order valence-electron chi connectivity index (χ3n) is 8.82. The van der Waals surface area contributed by atoms with Crippen LogP contribution in [0.3, 0.4) is 0 Å². The van der Waals surface area contributed by atoms with Crippen LogP contribution in [0.5, 0.6) is 0 Å². The van der Waals surface area contributed by atoms with Gasteiger partial charge in [0.05, 0.1) is 11.3 Å². The van der Waals surface area contributed by atoms with Crippen molar-refractivity contribution < 1.29 is 9.59 Å². The van der Waals surface area contributed by atoms with Gasteiger partial charge in [0.1, 0.15) is 0 Å². The molecule has 0 aliphatic carbocycles. The van der Waals surface area contributed by atoms with E-state index >= 15 is 0 Å². The van der Waals surface area contributed by atoms with Gasteiger partial charge in [-0.25, -0.2) is 0 Å². The van der Waals surface area contributed by atoms with Gasteiger partial charge in [0.2, 0.25) is 0 Å². The zero-order chi connectivity index (χ0) is 28.0. The predicted molar refractivity (Wildman–Crippen MR) is 166 cm³/mol. The fourth-order valence-corrected chi connectivity index (χ4v) is 6.36. The largest absolute Gasteiger partial charge is 0.302 e. The summed E-state index contributed by atoms with van der Waals surface area (Å²) >= 11 is 0. The Morgan fingerprint density at radius 1 is 0.650 bits per heavy atom. The smallest absolute Gasteiger partial charge is 0.299 e. The van der Waals surface area contributed by atoms with Crippen LogP contribution in [0.15, 0.2) is 54.6 Å². The molecule has 1 amide bonds. The number of anilines is 1. The first-order chi connectivity index (χ1) is 19.7. The van der Waals surface area contributed by atoms with Gasteiger partial charge >= 0.3 is 0 Å². The van der Waals surface area contributed by atoms with E-state index in [0.29, 0.717) is 5.56 Å². The first-order valence-corrected chi connectivity index (χ1v) is 16.1. The average molecular weight is 546 g/mol. The van der Waals surface area contributed by atoms with E-state index in [1.54, 1.807) is 6.07 Å². The maximum atomic E-state index is 13.1. The quantitative estimate of drug-likeness (QED) is 0.144.